The Hall–Kier alpha value is -1.84. The predicted molar refractivity (Wildman–Crippen MR) is 84.5 cm³/mol. The second-order valence-electron chi connectivity index (χ2n) is 7.58. The van der Waals surface area contributed by atoms with E-state index in [1.807, 2.05) is 0 Å². The molecule has 0 saturated heterocycles. The van der Waals surface area contributed by atoms with Gasteiger partial charge in [0.1, 0.15) is 5.82 Å². The van der Waals surface area contributed by atoms with Gasteiger partial charge in [-0.25, -0.2) is 12.8 Å². The number of nitrogens with one attached hydrogen (secondary N) is 2. The molecule has 1 aromatic carbocycles. The van der Waals surface area contributed by atoms with E-state index in [1.54, 1.807) is 0 Å². The van der Waals surface area contributed by atoms with Crippen molar-refractivity contribution in [2.75, 3.05) is 4.72 Å². The van der Waals surface area contributed by atoms with Gasteiger partial charge in [0, 0.05) is 5.54 Å². The van der Waals surface area contributed by atoms with Crippen LogP contribution in [-0.2, 0) is 10.0 Å². The van der Waals surface area contributed by atoms with Crippen LogP contribution in [0.15, 0.2) is 18.2 Å². The number of halogens is 4. The van der Waals surface area contributed by atoms with Crippen LogP contribution >= 0.6 is 0 Å². The minimum atomic E-state index is -4.29. The lowest BCUT2D eigenvalue weighted by atomic mass is 9.39. The summed E-state index contributed by atoms with van der Waals surface area (Å²) in [5.41, 5.74) is -2.93. The fraction of sp³-hybridized carbons (Fsp3) is 0.562. The molecule has 0 unspecified atom stereocenters. The molecule has 0 aromatic heterocycles. The summed E-state index contributed by atoms with van der Waals surface area (Å²) in [4.78, 5) is 12.5. The maximum atomic E-state index is 13.5. The first kappa shape index (κ1) is 17.6. The Balaban J connectivity index is 1.51. The molecule has 10 heteroatoms. The Morgan fingerprint density at radius 1 is 1.15 bits per heavy atom. The number of anilines is 1. The summed E-state index contributed by atoms with van der Waals surface area (Å²) < 4.78 is 78.6. The number of amides is 1. The summed E-state index contributed by atoms with van der Waals surface area (Å²) >= 11 is 0. The first-order valence-corrected chi connectivity index (χ1v) is 9.71. The number of carbonyl (C=O) groups excluding carboxylic acids is 1. The number of sulfonamides is 1. The van der Waals surface area contributed by atoms with E-state index in [2.05, 4.69) is 10.0 Å². The third-order valence-electron chi connectivity index (χ3n) is 5.45. The topological polar surface area (TPSA) is 75.3 Å². The van der Waals surface area contributed by atoms with E-state index in [-0.39, 0.29) is 30.5 Å². The highest BCUT2D eigenvalue weighted by atomic mass is 32.2. The highest BCUT2D eigenvalue weighted by Crippen LogP contribution is 2.73. The summed E-state index contributed by atoms with van der Waals surface area (Å²) in [5, 5.41) is 2.00. The van der Waals surface area contributed by atoms with Crippen molar-refractivity contribution in [1.82, 2.24) is 5.32 Å². The lowest BCUT2D eigenvalue weighted by molar-refractivity contribution is -0.336. The van der Waals surface area contributed by atoms with Crippen molar-refractivity contribution < 1.29 is 30.8 Å². The largest absolute Gasteiger partial charge is 0.394 e. The third-order valence-corrected chi connectivity index (χ3v) is 7.31. The van der Waals surface area contributed by atoms with E-state index in [9.17, 15) is 30.8 Å². The second kappa shape index (κ2) is 5.11. The smallest absolute Gasteiger partial charge is 0.346 e. The van der Waals surface area contributed by atoms with E-state index in [4.69, 9.17) is 0 Å². The van der Waals surface area contributed by atoms with Crippen molar-refractivity contribution in [1.29, 1.82) is 0 Å². The van der Waals surface area contributed by atoms with Crippen LogP contribution in [0.1, 0.15) is 42.5 Å². The highest BCUT2D eigenvalue weighted by molar-refractivity contribution is 7.93. The standard InChI is InChI=1S/C16H16F4N2O3S/c17-9-1-4-11(12(5-9)22-26(24,25)10-2-3-10)13(23)21-15-6-14(7-15,8-15)16(18,19)20/h1,4-5,10,22H,2-3,6-8H2,(H,21,23). The summed E-state index contributed by atoms with van der Waals surface area (Å²) in [5.74, 6) is -1.44. The maximum Gasteiger partial charge on any atom is 0.394 e. The number of benzene rings is 1. The average Bonchev–Trinajstić information content (AvgIpc) is 3.23. The molecule has 4 aliphatic carbocycles. The molecule has 26 heavy (non-hydrogen) atoms. The van der Waals surface area contributed by atoms with Crippen molar-refractivity contribution >= 4 is 21.6 Å². The van der Waals surface area contributed by atoms with Crippen LogP contribution in [0.4, 0.5) is 23.2 Å². The van der Waals surface area contributed by atoms with E-state index >= 15 is 0 Å². The van der Waals surface area contributed by atoms with E-state index < -0.39 is 44.1 Å². The zero-order valence-electron chi connectivity index (χ0n) is 13.5. The SMILES string of the molecule is O=C(NC12CC(C(F)(F)F)(C1)C2)c1ccc(F)cc1NS(=O)(=O)C1CC1. The van der Waals surface area contributed by atoms with Crippen LogP contribution < -0.4 is 10.0 Å². The molecule has 142 valence electrons. The summed E-state index contributed by atoms with van der Waals surface area (Å²) in [6.07, 6.45) is -3.84. The number of hydrogen-bond acceptors (Lipinski definition) is 3. The molecule has 5 rings (SSSR count). The number of carbonyl (C=O) groups is 1. The molecule has 4 fully saturated rings. The van der Waals surface area contributed by atoms with Gasteiger partial charge in [0.05, 0.1) is 21.9 Å². The Bertz CT molecular complexity index is 873. The lowest BCUT2D eigenvalue weighted by Crippen LogP contribution is -2.78. The van der Waals surface area contributed by atoms with Crippen LogP contribution in [0, 0.1) is 11.2 Å². The van der Waals surface area contributed by atoms with Gasteiger partial charge < -0.3 is 5.32 Å². The van der Waals surface area contributed by atoms with Crippen molar-refractivity contribution in [2.45, 2.75) is 49.1 Å². The molecule has 2 bridgehead atoms. The van der Waals surface area contributed by atoms with Gasteiger partial charge in [-0.3, -0.25) is 9.52 Å². The fourth-order valence-corrected chi connectivity index (χ4v) is 5.34. The fourth-order valence-electron chi connectivity index (χ4n) is 3.94. The van der Waals surface area contributed by atoms with Gasteiger partial charge in [-0.15, -0.1) is 0 Å². The summed E-state index contributed by atoms with van der Waals surface area (Å²) in [6.45, 7) is 0. The molecule has 0 atom stereocenters. The molecule has 2 N–H and O–H groups in total. The Morgan fingerprint density at radius 3 is 2.31 bits per heavy atom. The minimum absolute atomic E-state index is 0.110. The highest BCUT2D eigenvalue weighted by Gasteiger charge is 2.79. The minimum Gasteiger partial charge on any atom is -0.346 e. The first-order chi connectivity index (χ1) is 12.0. The van der Waals surface area contributed by atoms with Crippen molar-refractivity contribution in [3.63, 3.8) is 0 Å². The molecular weight excluding hydrogens is 376 g/mol. The van der Waals surface area contributed by atoms with Gasteiger partial charge in [0.15, 0.2) is 0 Å². The lowest BCUT2D eigenvalue weighted by Gasteiger charge is -2.70. The van der Waals surface area contributed by atoms with Gasteiger partial charge >= 0.3 is 6.18 Å². The molecule has 1 amide bonds. The van der Waals surface area contributed by atoms with Crippen LogP contribution in [0.3, 0.4) is 0 Å². The maximum absolute atomic E-state index is 13.5. The molecule has 0 spiro atoms. The van der Waals surface area contributed by atoms with Crippen LogP contribution in [-0.4, -0.2) is 31.3 Å². The predicted octanol–water partition coefficient (Wildman–Crippen LogP) is 2.94. The molecule has 4 aliphatic rings. The third kappa shape index (κ3) is 2.65. The first-order valence-electron chi connectivity index (χ1n) is 8.16. The van der Waals surface area contributed by atoms with E-state index in [1.165, 1.54) is 0 Å². The van der Waals surface area contributed by atoms with E-state index in [0.29, 0.717) is 12.8 Å². The normalized spacial score (nSPS) is 30.2. The average molecular weight is 392 g/mol. The van der Waals surface area contributed by atoms with Gasteiger partial charge in [0.2, 0.25) is 10.0 Å². The van der Waals surface area contributed by atoms with Crippen LogP contribution in [0.5, 0.6) is 0 Å². The van der Waals surface area contributed by atoms with Crippen molar-refractivity contribution in [2.24, 2.45) is 5.41 Å². The molecular formula is C16H16F4N2O3S. The van der Waals surface area contributed by atoms with Crippen LogP contribution in [0.25, 0.3) is 0 Å². The zero-order valence-corrected chi connectivity index (χ0v) is 14.3. The molecule has 0 radical (unpaired) electrons. The molecule has 4 saturated carbocycles. The number of hydrogen-bond donors (Lipinski definition) is 2. The van der Waals surface area contributed by atoms with Gasteiger partial charge in [0.25, 0.3) is 5.91 Å². The Labute approximate surface area is 147 Å². The molecule has 0 aliphatic heterocycles. The van der Waals surface area contributed by atoms with Crippen LogP contribution in [0.2, 0.25) is 0 Å². The van der Waals surface area contributed by atoms with Gasteiger partial charge in [-0.05, 0) is 50.3 Å². The summed E-state index contributed by atoms with van der Waals surface area (Å²) in [6, 6.07) is 3.03. The molecule has 5 nitrogen and oxygen atoms in total. The zero-order chi connectivity index (χ0) is 19.0. The number of alkyl halides is 3. The number of rotatable bonds is 5. The van der Waals surface area contributed by atoms with E-state index in [0.717, 1.165) is 18.2 Å². The second-order valence-corrected chi connectivity index (χ2v) is 9.54. The van der Waals surface area contributed by atoms with Gasteiger partial charge in [-0.2, -0.15) is 13.2 Å². The quantitative estimate of drug-likeness (QED) is 0.757. The molecule has 1 aromatic rings. The Morgan fingerprint density at radius 2 is 1.77 bits per heavy atom. The Kier molecular flexibility index (Phi) is 3.46. The monoisotopic (exact) mass is 392 g/mol. The van der Waals surface area contributed by atoms with Gasteiger partial charge in [-0.1, -0.05) is 0 Å². The summed E-state index contributed by atoms with van der Waals surface area (Å²) in [7, 11) is -3.71. The molecule has 0 heterocycles. The van der Waals surface area contributed by atoms with Crippen molar-refractivity contribution in [3.8, 4) is 0 Å². The van der Waals surface area contributed by atoms with Crippen molar-refractivity contribution in [3.05, 3.63) is 29.6 Å².